The van der Waals surface area contributed by atoms with Crippen molar-refractivity contribution in [1.29, 1.82) is 0 Å². The minimum Gasteiger partial charge on any atom is -0.456 e. The second-order valence-electron chi connectivity index (χ2n) is 6.81. The molecule has 0 saturated carbocycles. The lowest BCUT2D eigenvalue weighted by atomic mass is 9.93. The summed E-state index contributed by atoms with van der Waals surface area (Å²) >= 11 is 0. The van der Waals surface area contributed by atoms with E-state index in [2.05, 4.69) is 84.8 Å². The van der Waals surface area contributed by atoms with Crippen LogP contribution >= 0.6 is 0 Å². The fraction of sp³-hybridized carbons (Fsp3) is 0.174. The van der Waals surface area contributed by atoms with Crippen LogP contribution in [-0.2, 0) is 0 Å². The molecule has 0 fully saturated rings. The van der Waals surface area contributed by atoms with E-state index in [4.69, 9.17) is 4.42 Å². The van der Waals surface area contributed by atoms with Gasteiger partial charge in [-0.25, -0.2) is 4.99 Å². The molecule has 3 heteroatoms. The van der Waals surface area contributed by atoms with Gasteiger partial charge in [-0.3, -0.25) is 0 Å². The minimum absolute atomic E-state index is 0.373. The Morgan fingerprint density at radius 1 is 0.923 bits per heavy atom. The highest BCUT2D eigenvalue weighted by atomic mass is 16.3. The Kier molecular flexibility index (Phi) is 4.21. The predicted molar refractivity (Wildman–Crippen MR) is 107 cm³/mol. The van der Waals surface area contributed by atoms with Gasteiger partial charge in [0.05, 0.1) is 6.07 Å². The molecular weight excluding hydrogens is 320 g/mol. The number of fused-ring (bicyclic) bond motifs is 2. The van der Waals surface area contributed by atoms with Crippen LogP contribution in [0, 0.1) is 0 Å². The molecule has 0 atom stereocenters. The lowest BCUT2D eigenvalue weighted by Gasteiger charge is -2.16. The largest absolute Gasteiger partial charge is 0.456 e. The maximum Gasteiger partial charge on any atom is 0.201 e. The van der Waals surface area contributed by atoms with Gasteiger partial charge in [-0.2, -0.15) is 0 Å². The van der Waals surface area contributed by atoms with E-state index in [1.54, 1.807) is 0 Å². The molecule has 1 heterocycles. The van der Waals surface area contributed by atoms with Crippen molar-refractivity contribution >= 4 is 16.7 Å². The molecule has 3 nitrogen and oxygen atoms in total. The molecule has 0 aromatic heterocycles. The van der Waals surface area contributed by atoms with Crippen LogP contribution in [0.3, 0.4) is 0 Å². The summed E-state index contributed by atoms with van der Waals surface area (Å²) in [6, 6.07) is 23.5. The third-order valence-corrected chi connectivity index (χ3v) is 4.53. The SMILES string of the molecule is C[NH+]=c1ccc2c(-c3ccccc3)c3ccc(NC(C)C)cc3oc-2c1. The van der Waals surface area contributed by atoms with Gasteiger partial charge in [-0.1, -0.05) is 30.3 Å². The number of hydrogen-bond donors (Lipinski definition) is 2. The lowest BCUT2D eigenvalue weighted by molar-refractivity contribution is -0.465. The van der Waals surface area contributed by atoms with Gasteiger partial charge in [0.2, 0.25) is 5.36 Å². The Balaban J connectivity index is 2.07. The van der Waals surface area contributed by atoms with Crippen LogP contribution in [0.25, 0.3) is 33.4 Å². The number of nitrogens with one attached hydrogen (secondary N) is 2. The molecule has 0 radical (unpaired) electrons. The molecule has 0 unspecified atom stereocenters. The van der Waals surface area contributed by atoms with E-state index < -0.39 is 0 Å². The van der Waals surface area contributed by atoms with Crippen LogP contribution in [-0.4, -0.2) is 13.1 Å². The summed E-state index contributed by atoms with van der Waals surface area (Å²) < 4.78 is 6.29. The molecule has 0 saturated heterocycles. The molecule has 26 heavy (non-hydrogen) atoms. The Hall–Kier alpha value is -3.07. The zero-order valence-corrected chi connectivity index (χ0v) is 15.3. The summed E-state index contributed by atoms with van der Waals surface area (Å²) in [6.45, 7) is 4.27. The van der Waals surface area contributed by atoms with Crippen LogP contribution in [0.15, 0.2) is 71.1 Å². The van der Waals surface area contributed by atoms with E-state index in [0.29, 0.717) is 6.04 Å². The summed E-state index contributed by atoms with van der Waals surface area (Å²) in [5.74, 6) is 0.880. The average Bonchev–Trinajstić information content (AvgIpc) is 2.65. The van der Waals surface area contributed by atoms with Gasteiger partial charge < -0.3 is 9.73 Å². The summed E-state index contributed by atoms with van der Waals surface area (Å²) in [7, 11) is 1.92. The van der Waals surface area contributed by atoms with Crippen molar-refractivity contribution in [3.05, 3.63) is 72.1 Å². The van der Waals surface area contributed by atoms with Gasteiger partial charge in [0.25, 0.3) is 0 Å². The minimum atomic E-state index is 0.373. The van der Waals surface area contributed by atoms with Crippen LogP contribution in [0.4, 0.5) is 5.69 Å². The third-order valence-electron chi connectivity index (χ3n) is 4.53. The molecule has 2 aromatic rings. The highest BCUT2D eigenvalue weighted by molar-refractivity contribution is 6.02. The van der Waals surface area contributed by atoms with Crippen molar-refractivity contribution < 1.29 is 9.41 Å². The molecule has 0 bridgehead atoms. The second kappa shape index (κ2) is 6.68. The Morgan fingerprint density at radius 2 is 1.73 bits per heavy atom. The smallest absolute Gasteiger partial charge is 0.201 e. The molecule has 2 aliphatic rings. The van der Waals surface area contributed by atoms with Gasteiger partial charge in [0.1, 0.15) is 18.4 Å². The van der Waals surface area contributed by atoms with Crippen LogP contribution in [0.1, 0.15) is 13.8 Å². The summed E-state index contributed by atoms with van der Waals surface area (Å²) in [5.41, 5.74) is 5.47. The van der Waals surface area contributed by atoms with E-state index in [0.717, 1.165) is 33.3 Å². The second-order valence-corrected chi connectivity index (χ2v) is 6.81. The van der Waals surface area contributed by atoms with Crippen LogP contribution in [0.2, 0.25) is 0 Å². The number of rotatable bonds is 3. The molecule has 130 valence electrons. The molecule has 2 aromatic carbocycles. The van der Waals surface area contributed by atoms with Crippen molar-refractivity contribution in [2.24, 2.45) is 0 Å². The molecule has 1 aliphatic carbocycles. The van der Waals surface area contributed by atoms with Crippen LogP contribution < -0.4 is 15.7 Å². The van der Waals surface area contributed by atoms with Crippen molar-refractivity contribution in [3.63, 3.8) is 0 Å². The van der Waals surface area contributed by atoms with E-state index in [9.17, 15) is 0 Å². The standard InChI is InChI=1S/C23H22N2O/c1-15(2)25-18-10-12-20-22(14-18)26-21-13-17(24-3)9-11-19(21)23(20)16-7-5-4-6-8-16/h4-15,25H,1-3H3/p+1. The van der Waals surface area contributed by atoms with E-state index in [1.807, 2.05) is 13.1 Å². The van der Waals surface area contributed by atoms with Crippen molar-refractivity contribution in [2.45, 2.75) is 19.9 Å². The van der Waals surface area contributed by atoms with Gasteiger partial charge >= 0.3 is 0 Å². The molecule has 4 rings (SSSR count). The predicted octanol–water partition coefficient (Wildman–Crippen LogP) is 3.64. The topological polar surface area (TPSA) is 39.1 Å². The monoisotopic (exact) mass is 343 g/mol. The summed E-state index contributed by atoms with van der Waals surface area (Å²) in [5, 5.41) is 5.61. The number of benzene rings is 3. The normalized spacial score (nSPS) is 12.2. The fourth-order valence-electron chi connectivity index (χ4n) is 3.38. The van der Waals surface area contributed by atoms with Crippen LogP contribution in [0.5, 0.6) is 0 Å². The first-order valence-electron chi connectivity index (χ1n) is 8.99. The first-order valence-corrected chi connectivity index (χ1v) is 8.99. The quantitative estimate of drug-likeness (QED) is 0.558. The summed E-state index contributed by atoms with van der Waals surface area (Å²) in [6.07, 6.45) is 0. The maximum atomic E-state index is 6.29. The van der Waals surface area contributed by atoms with Gasteiger partial charge in [0.15, 0.2) is 0 Å². The molecule has 1 aliphatic heterocycles. The number of hydrogen-bond acceptors (Lipinski definition) is 2. The first-order chi connectivity index (χ1) is 12.7. The summed E-state index contributed by atoms with van der Waals surface area (Å²) in [4.78, 5) is 3.19. The molecule has 0 amide bonds. The Bertz CT molecular complexity index is 1090. The first kappa shape index (κ1) is 16.4. The zero-order valence-electron chi connectivity index (χ0n) is 15.3. The number of anilines is 1. The third kappa shape index (κ3) is 2.97. The zero-order chi connectivity index (χ0) is 18.1. The molecule has 0 spiro atoms. The van der Waals surface area contributed by atoms with Crippen molar-refractivity contribution in [1.82, 2.24) is 0 Å². The van der Waals surface area contributed by atoms with Gasteiger partial charge in [0, 0.05) is 40.4 Å². The van der Waals surface area contributed by atoms with Crippen molar-refractivity contribution in [3.8, 4) is 22.5 Å². The lowest BCUT2D eigenvalue weighted by Crippen LogP contribution is -2.71. The molecule has 2 N–H and O–H groups in total. The van der Waals surface area contributed by atoms with Crippen molar-refractivity contribution in [2.75, 3.05) is 12.4 Å². The van der Waals surface area contributed by atoms with E-state index >= 15 is 0 Å². The van der Waals surface area contributed by atoms with Gasteiger partial charge in [-0.15, -0.1) is 0 Å². The van der Waals surface area contributed by atoms with Gasteiger partial charge in [-0.05, 0) is 37.6 Å². The van der Waals surface area contributed by atoms with E-state index in [1.165, 1.54) is 11.1 Å². The highest BCUT2D eigenvalue weighted by Crippen LogP contribution is 2.40. The maximum absolute atomic E-state index is 6.29. The molecular formula is C23H23N2O+. The fourth-order valence-corrected chi connectivity index (χ4v) is 3.38. The average molecular weight is 343 g/mol. The highest BCUT2D eigenvalue weighted by Gasteiger charge is 2.17. The Morgan fingerprint density at radius 3 is 2.46 bits per heavy atom. The Labute approximate surface area is 153 Å². The van der Waals surface area contributed by atoms with E-state index in [-0.39, 0.29) is 0 Å².